The molecular weight excluding hydrogens is 230 g/mol. The smallest absolute Gasteiger partial charge is 0.160 e. The molecule has 0 atom stereocenters. The fourth-order valence-corrected chi connectivity index (χ4v) is 1.74. The van der Waals surface area contributed by atoms with Crippen LogP contribution in [-0.2, 0) is 20.0 Å². The van der Waals surface area contributed by atoms with E-state index < -0.39 is 0 Å². The first-order chi connectivity index (χ1) is 8.72. The summed E-state index contributed by atoms with van der Waals surface area (Å²) in [4.78, 5) is 8.26. The second kappa shape index (κ2) is 5.46. The van der Waals surface area contributed by atoms with Gasteiger partial charge in [0.05, 0.1) is 18.1 Å². The normalized spacial score (nSPS) is 10.4. The Labute approximate surface area is 105 Å². The Kier molecular flexibility index (Phi) is 3.73. The second-order valence-corrected chi connectivity index (χ2v) is 3.92. The van der Waals surface area contributed by atoms with Crippen LogP contribution in [0, 0.1) is 0 Å². The van der Waals surface area contributed by atoms with Gasteiger partial charge in [0.1, 0.15) is 5.82 Å². The molecule has 0 aliphatic rings. The summed E-state index contributed by atoms with van der Waals surface area (Å²) < 4.78 is 1.82. The van der Waals surface area contributed by atoms with Crippen LogP contribution >= 0.6 is 0 Å². The van der Waals surface area contributed by atoms with Gasteiger partial charge in [-0.25, -0.2) is 10.8 Å². The van der Waals surface area contributed by atoms with Gasteiger partial charge in [0.25, 0.3) is 0 Å². The third kappa shape index (κ3) is 2.75. The first-order valence-corrected chi connectivity index (χ1v) is 5.77. The third-order valence-corrected chi connectivity index (χ3v) is 2.57. The Morgan fingerprint density at radius 2 is 2.11 bits per heavy atom. The van der Waals surface area contributed by atoms with Crippen LogP contribution in [0.15, 0.2) is 18.6 Å². The van der Waals surface area contributed by atoms with Crippen LogP contribution in [0.2, 0.25) is 0 Å². The van der Waals surface area contributed by atoms with Crippen molar-refractivity contribution in [3.05, 3.63) is 29.8 Å². The summed E-state index contributed by atoms with van der Waals surface area (Å²) in [6.45, 7) is 2.75. The van der Waals surface area contributed by atoms with Gasteiger partial charge in [-0.05, 0) is 6.42 Å². The van der Waals surface area contributed by atoms with Crippen LogP contribution < -0.4 is 16.6 Å². The fraction of sp³-hybridized carbons (Fsp3) is 0.364. The number of nitrogen functional groups attached to an aromatic ring is 1. The summed E-state index contributed by atoms with van der Waals surface area (Å²) in [5, 5.41) is 7.58. The third-order valence-electron chi connectivity index (χ3n) is 2.57. The van der Waals surface area contributed by atoms with E-state index in [9.17, 15) is 0 Å². The number of nitrogens with two attached hydrogens (primary N) is 1. The highest BCUT2D eigenvalue weighted by Gasteiger charge is 2.06. The lowest BCUT2D eigenvalue weighted by Crippen LogP contribution is -2.10. The molecule has 0 bridgehead atoms. The van der Waals surface area contributed by atoms with E-state index in [0.29, 0.717) is 18.2 Å². The van der Waals surface area contributed by atoms with Gasteiger partial charge in [-0.1, -0.05) is 6.92 Å². The van der Waals surface area contributed by atoms with E-state index in [2.05, 4.69) is 32.7 Å². The Morgan fingerprint density at radius 3 is 2.83 bits per heavy atom. The molecule has 7 heteroatoms. The molecular formula is C11H17N7. The van der Waals surface area contributed by atoms with Gasteiger partial charge in [0.15, 0.2) is 5.82 Å². The molecule has 0 fully saturated rings. The summed E-state index contributed by atoms with van der Waals surface area (Å²) in [6.07, 6.45) is 6.13. The van der Waals surface area contributed by atoms with E-state index in [-0.39, 0.29) is 0 Å². The summed E-state index contributed by atoms with van der Waals surface area (Å²) >= 11 is 0. The van der Waals surface area contributed by atoms with Crippen molar-refractivity contribution in [3.63, 3.8) is 0 Å². The molecule has 2 heterocycles. The first-order valence-electron chi connectivity index (χ1n) is 5.77. The average Bonchev–Trinajstić information content (AvgIpc) is 2.77. The summed E-state index contributed by atoms with van der Waals surface area (Å²) in [7, 11) is 1.92. The number of hydrogen-bond acceptors (Lipinski definition) is 6. The van der Waals surface area contributed by atoms with Crippen molar-refractivity contribution in [2.45, 2.75) is 19.9 Å². The summed E-state index contributed by atoms with van der Waals surface area (Å²) in [5.41, 5.74) is 4.71. The lowest BCUT2D eigenvalue weighted by atomic mass is 10.2. The molecule has 7 nitrogen and oxygen atoms in total. The SMILES string of the molecule is CCc1nn(C)cc1CNc1cncc(NN)n1. The van der Waals surface area contributed by atoms with Crippen molar-refractivity contribution in [2.75, 3.05) is 10.7 Å². The topological polar surface area (TPSA) is 93.7 Å². The molecule has 0 saturated carbocycles. The van der Waals surface area contributed by atoms with E-state index in [1.54, 1.807) is 12.4 Å². The lowest BCUT2D eigenvalue weighted by Gasteiger charge is -2.06. The number of aryl methyl sites for hydroxylation is 2. The molecule has 4 N–H and O–H groups in total. The molecule has 0 amide bonds. The minimum atomic E-state index is 0.530. The first kappa shape index (κ1) is 12.3. The highest BCUT2D eigenvalue weighted by atomic mass is 15.3. The molecule has 0 radical (unpaired) electrons. The number of nitrogens with one attached hydrogen (secondary N) is 2. The molecule has 2 aromatic heterocycles. The molecule has 2 rings (SSSR count). The Hall–Kier alpha value is -2.15. The quantitative estimate of drug-likeness (QED) is 0.531. The molecule has 0 aromatic carbocycles. The Balaban J connectivity index is 2.06. The predicted octanol–water partition coefficient (Wildman–Crippen LogP) is 0.670. The number of hydrogen-bond donors (Lipinski definition) is 3. The highest BCUT2D eigenvalue weighted by Crippen LogP contribution is 2.11. The monoisotopic (exact) mass is 247 g/mol. The molecule has 0 unspecified atom stereocenters. The van der Waals surface area contributed by atoms with E-state index in [4.69, 9.17) is 5.84 Å². The standard InChI is InChI=1S/C11H17N7/c1-3-9-8(7-18(2)17-9)4-14-10-5-13-6-11(15-10)16-12/h5-7H,3-4,12H2,1-2H3,(H2,14,15,16). The minimum Gasteiger partial charge on any atom is -0.365 e. The average molecular weight is 247 g/mol. The Morgan fingerprint density at radius 1 is 1.33 bits per heavy atom. The maximum atomic E-state index is 5.28. The Bertz CT molecular complexity index is 520. The van der Waals surface area contributed by atoms with Crippen LogP contribution in [0.5, 0.6) is 0 Å². The van der Waals surface area contributed by atoms with E-state index in [1.165, 1.54) is 0 Å². The highest BCUT2D eigenvalue weighted by molar-refractivity contribution is 5.41. The van der Waals surface area contributed by atoms with Crippen LogP contribution in [-0.4, -0.2) is 19.7 Å². The van der Waals surface area contributed by atoms with Crippen LogP contribution in [0.4, 0.5) is 11.6 Å². The molecule has 2 aromatic rings. The number of nitrogens with zero attached hydrogens (tertiary/aromatic N) is 4. The molecule has 0 aliphatic carbocycles. The van der Waals surface area contributed by atoms with Crippen molar-refractivity contribution >= 4 is 11.6 Å². The number of aromatic nitrogens is 4. The second-order valence-electron chi connectivity index (χ2n) is 3.92. The zero-order valence-electron chi connectivity index (χ0n) is 10.5. The van der Waals surface area contributed by atoms with Gasteiger partial charge in [-0.3, -0.25) is 9.67 Å². The lowest BCUT2D eigenvalue weighted by molar-refractivity contribution is 0.746. The van der Waals surface area contributed by atoms with Gasteiger partial charge >= 0.3 is 0 Å². The van der Waals surface area contributed by atoms with Crippen LogP contribution in [0.3, 0.4) is 0 Å². The van der Waals surface area contributed by atoms with Gasteiger partial charge in [0.2, 0.25) is 0 Å². The maximum absolute atomic E-state index is 5.28. The van der Waals surface area contributed by atoms with Crippen molar-refractivity contribution in [1.29, 1.82) is 0 Å². The number of rotatable bonds is 5. The van der Waals surface area contributed by atoms with Crippen molar-refractivity contribution in [1.82, 2.24) is 19.7 Å². The largest absolute Gasteiger partial charge is 0.365 e. The summed E-state index contributed by atoms with van der Waals surface area (Å²) in [6, 6.07) is 0. The van der Waals surface area contributed by atoms with Gasteiger partial charge in [0, 0.05) is 25.4 Å². The van der Waals surface area contributed by atoms with Crippen molar-refractivity contribution in [3.8, 4) is 0 Å². The zero-order chi connectivity index (χ0) is 13.0. The predicted molar refractivity (Wildman–Crippen MR) is 69.8 cm³/mol. The maximum Gasteiger partial charge on any atom is 0.160 e. The van der Waals surface area contributed by atoms with Gasteiger partial charge in [-0.2, -0.15) is 5.10 Å². The van der Waals surface area contributed by atoms with Crippen molar-refractivity contribution < 1.29 is 0 Å². The molecule has 0 saturated heterocycles. The van der Waals surface area contributed by atoms with E-state index >= 15 is 0 Å². The number of anilines is 2. The van der Waals surface area contributed by atoms with Crippen LogP contribution in [0.1, 0.15) is 18.2 Å². The molecule has 0 aliphatic heterocycles. The van der Waals surface area contributed by atoms with E-state index in [1.807, 2.05) is 17.9 Å². The molecule has 0 spiro atoms. The zero-order valence-corrected chi connectivity index (χ0v) is 10.5. The summed E-state index contributed by atoms with van der Waals surface area (Å²) in [5.74, 6) is 6.49. The molecule has 18 heavy (non-hydrogen) atoms. The fourth-order valence-electron chi connectivity index (χ4n) is 1.74. The van der Waals surface area contributed by atoms with Crippen molar-refractivity contribution in [2.24, 2.45) is 12.9 Å². The van der Waals surface area contributed by atoms with Gasteiger partial charge in [-0.15, -0.1) is 0 Å². The van der Waals surface area contributed by atoms with Gasteiger partial charge < -0.3 is 10.7 Å². The molecule has 96 valence electrons. The van der Waals surface area contributed by atoms with E-state index in [0.717, 1.165) is 17.7 Å². The minimum absolute atomic E-state index is 0.530. The van der Waals surface area contributed by atoms with Crippen LogP contribution in [0.25, 0.3) is 0 Å². The number of hydrazine groups is 1.